The monoisotopic (exact) mass is 487 g/mol. The fourth-order valence-corrected chi connectivity index (χ4v) is 3.45. The first-order valence-electron chi connectivity index (χ1n) is 8.57. The predicted octanol–water partition coefficient (Wildman–Crippen LogP) is 5.76. The van der Waals surface area contributed by atoms with Gasteiger partial charge in [0, 0.05) is 18.3 Å². The smallest absolute Gasteiger partial charge is 0.353 e. The first kappa shape index (κ1) is 18.5. The van der Waals surface area contributed by atoms with Gasteiger partial charge in [0.15, 0.2) is 11.4 Å². The highest BCUT2D eigenvalue weighted by molar-refractivity contribution is 14.1. The average molecular weight is 487 g/mol. The van der Waals surface area contributed by atoms with Crippen LogP contribution in [0.1, 0.15) is 29.5 Å². The first-order valence-corrected chi connectivity index (χ1v) is 9.65. The summed E-state index contributed by atoms with van der Waals surface area (Å²) in [5, 5.41) is 11.0. The lowest BCUT2D eigenvalue weighted by Gasteiger charge is -2.13. The van der Waals surface area contributed by atoms with Crippen LogP contribution in [0.4, 0.5) is 24.7 Å². The maximum atomic E-state index is 13.3. The number of alkyl halides is 3. The first-order chi connectivity index (χ1) is 12.8. The number of hydrogen-bond donors (Lipinski definition) is 2. The molecule has 0 amide bonds. The molecule has 1 saturated carbocycles. The number of nitrogens with zero attached hydrogens (tertiary/aromatic N) is 1. The molecule has 2 aromatic carbocycles. The van der Waals surface area contributed by atoms with Crippen molar-refractivity contribution in [2.45, 2.75) is 38.5 Å². The molecule has 1 aliphatic carbocycles. The van der Waals surface area contributed by atoms with Crippen LogP contribution in [0.3, 0.4) is 0 Å². The number of halogens is 4. The Bertz CT molecular complexity index is 996. The predicted molar refractivity (Wildman–Crippen MR) is 106 cm³/mol. The van der Waals surface area contributed by atoms with Crippen molar-refractivity contribution < 1.29 is 17.7 Å². The van der Waals surface area contributed by atoms with Gasteiger partial charge in [0.25, 0.3) is 0 Å². The van der Waals surface area contributed by atoms with Crippen LogP contribution in [0.15, 0.2) is 34.9 Å². The van der Waals surface area contributed by atoms with Crippen molar-refractivity contribution in [3.8, 4) is 0 Å². The molecule has 1 aromatic heterocycles. The van der Waals surface area contributed by atoms with Crippen LogP contribution in [0, 0.1) is 10.5 Å². The molecule has 0 aliphatic heterocycles. The van der Waals surface area contributed by atoms with Crippen molar-refractivity contribution in [1.29, 1.82) is 0 Å². The summed E-state index contributed by atoms with van der Waals surface area (Å²) >= 11 is 2.17. The van der Waals surface area contributed by atoms with E-state index in [9.17, 15) is 13.2 Å². The Balaban J connectivity index is 1.68. The molecule has 2 N–H and O–H groups in total. The van der Waals surface area contributed by atoms with Gasteiger partial charge in [0.05, 0.1) is 14.5 Å². The van der Waals surface area contributed by atoms with Gasteiger partial charge < -0.3 is 15.2 Å². The molecule has 0 unspecified atom stereocenters. The highest BCUT2D eigenvalue weighted by atomic mass is 127. The summed E-state index contributed by atoms with van der Waals surface area (Å²) in [6.45, 7) is 2.36. The third kappa shape index (κ3) is 4.06. The molecule has 1 fully saturated rings. The van der Waals surface area contributed by atoms with E-state index in [1.54, 1.807) is 6.07 Å². The number of anilines is 2. The van der Waals surface area contributed by atoms with Gasteiger partial charge in [-0.05, 0) is 77.7 Å². The summed E-state index contributed by atoms with van der Waals surface area (Å²) in [5.74, 6) is 0.406. The van der Waals surface area contributed by atoms with E-state index in [4.69, 9.17) is 4.52 Å². The maximum Gasteiger partial charge on any atom is 0.416 e. The van der Waals surface area contributed by atoms with Crippen molar-refractivity contribution in [3.05, 3.63) is 50.6 Å². The SMILES string of the molecule is Cc1ccc2c(Nc3cc(CNC4CC4)cc(C(F)(F)F)c3)noc2c1I. The fourth-order valence-electron chi connectivity index (χ4n) is 2.88. The van der Waals surface area contributed by atoms with Gasteiger partial charge in [-0.2, -0.15) is 13.2 Å². The van der Waals surface area contributed by atoms with Gasteiger partial charge in [-0.3, -0.25) is 0 Å². The Morgan fingerprint density at radius 2 is 2.00 bits per heavy atom. The lowest BCUT2D eigenvalue weighted by molar-refractivity contribution is -0.137. The molecule has 3 aromatic rings. The van der Waals surface area contributed by atoms with Crippen molar-refractivity contribution in [1.82, 2.24) is 10.5 Å². The summed E-state index contributed by atoms with van der Waals surface area (Å²) in [6.07, 6.45) is -2.26. The van der Waals surface area contributed by atoms with Gasteiger partial charge in [-0.25, -0.2) is 0 Å². The number of aryl methyl sites for hydroxylation is 1. The zero-order valence-electron chi connectivity index (χ0n) is 14.5. The van der Waals surface area contributed by atoms with E-state index in [0.29, 0.717) is 35.2 Å². The molecule has 4 rings (SSSR count). The van der Waals surface area contributed by atoms with E-state index >= 15 is 0 Å². The largest absolute Gasteiger partial charge is 0.416 e. The maximum absolute atomic E-state index is 13.3. The summed E-state index contributed by atoms with van der Waals surface area (Å²) in [7, 11) is 0. The van der Waals surface area contributed by atoms with Crippen molar-refractivity contribution >= 4 is 45.1 Å². The second-order valence-electron chi connectivity index (χ2n) is 6.80. The molecule has 0 bridgehead atoms. The Morgan fingerprint density at radius 1 is 1.22 bits per heavy atom. The highest BCUT2D eigenvalue weighted by Gasteiger charge is 2.31. The third-order valence-electron chi connectivity index (χ3n) is 4.53. The lowest BCUT2D eigenvalue weighted by atomic mass is 10.1. The van der Waals surface area contributed by atoms with Crippen LogP contribution in [0.25, 0.3) is 11.0 Å². The minimum absolute atomic E-state index is 0.336. The molecule has 4 nitrogen and oxygen atoms in total. The normalized spacial score (nSPS) is 14.7. The van der Waals surface area contributed by atoms with Crippen molar-refractivity contribution in [3.63, 3.8) is 0 Å². The number of nitrogens with one attached hydrogen (secondary N) is 2. The fraction of sp³-hybridized carbons (Fsp3) is 0.316. The number of benzene rings is 2. The number of fused-ring (bicyclic) bond motifs is 1. The molecule has 1 aliphatic rings. The van der Waals surface area contributed by atoms with Crippen LogP contribution in [0.2, 0.25) is 0 Å². The third-order valence-corrected chi connectivity index (χ3v) is 5.87. The zero-order valence-corrected chi connectivity index (χ0v) is 16.6. The molecule has 0 atom stereocenters. The van der Waals surface area contributed by atoms with Crippen molar-refractivity contribution in [2.24, 2.45) is 0 Å². The molecule has 0 saturated heterocycles. The second-order valence-corrected chi connectivity index (χ2v) is 7.88. The van der Waals surface area contributed by atoms with Crippen molar-refractivity contribution in [2.75, 3.05) is 5.32 Å². The minimum atomic E-state index is -4.41. The van der Waals surface area contributed by atoms with Gasteiger partial charge >= 0.3 is 6.18 Å². The van der Waals surface area contributed by atoms with Crippen LogP contribution in [-0.4, -0.2) is 11.2 Å². The second kappa shape index (κ2) is 6.97. The summed E-state index contributed by atoms with van der Waals surface area (Å²) in [4.78, 5) is 0. The van der Waals surface area contributed by atoms with E-state index in [1.807, 2.05) is 19.1 Å². The Labute approximate surface area is 167 Å². The standard InChI is InChI=1S/C19H17F3IN3O/c1-10-2-5-15-17(16(10)23)27-26-18(15)25-14-7-11(9-24-13-3-4-13)6-12(8-14)19(20,21)22/h2,5-8,13,24H,3-4,9H2,1H3,(H,25,26). The molecular formula is C19H17F3IN3O. The van der Waals surface area contributed by atoms with Gasteiger partial charge in [-0.1, -0.05) is 11.2 Å². The average Bonchev–Trinajstić information content (AvgIpc) is 3.36. The Hall–Kier alpha value is -1.81. The number of rotatable bonds is 5. The Morgan fingerprint density at radius 3 is 2.70 bits per heavy atom. The minimum Gasteiger partial charge on any atom is -0.353 e. The van der Waals surface area contributed by atoms with E-state index in [-0.39, 0.29) is 0 Å². The summed E-state index contributed by atoms with van der Waals surface area (Å²) < 4.78 is 46.2. The molecular weight excluding hydrogens is 470 g/mol. The Kier molecular flexibility index (Phi) is 4.79. The van der Waals surface area contributed by atoms with Gasteiger partial charge in [0.2, 0.25) is 0 Å². The molecule has 8 heteroatoms. The molecule has 142 valence electrons. The molecule has 1 heterocycles. The molecule has 27 heavy (non-hydrogen) atoms. The lowest BCUT2D eigenvalue weighted by Crippen LogP contribution is -2.16. The van der Waals surface area contributed by atoms with E-state index in [2.05, 4.69) is 38.4 Å². The quantitative estimate of drug-likeness (QED) is 0.450. The number of aromatic nitrogens is 1. The molecule has 0 radical (unpaired) electrons. The van der Waals surface area contributed by atoms with E-state index in [1.165, 1.54) is 6.07 Å². The molecule has 0 spiro atoms. The van der Waals surface area contributed by atoms with Crippen LogP contribution >= 0.6 is 22.6 Å². The van der Waals surface area contributed by atoms with Crippen LogP contribution in [0.5, 0.6) is 0 Å². The zero-order chi connectivity index (χ0) is 19.2. The number of hydrogen-bond acceptors (Lipinski definition) is 4. The summed E-state index contributed by atoms with van der Waals surface area (Å²) in [5.41, 5.74) is 1.91. The topological polar surface area (TPSA) is 50.1 Å². The highest BCUT2D eigenvalue weighted by Crippen LogP contribution is 2.35. The van der Waals surface area contributed by atoms with Gasteiger partial charge in [-0.15, -0.1) is 0 Å². The summed E-state index contributed by atoms with van der Waals surface area (Å²) in [6, 6.07) is 8.21. The van der Waals surface area contributed by atoms with Crippen LogP contribution < -0.4 is 10.6 Å². The van der Waals surface area contributed by atoms with Gasteiger partial charge in [0.1, 0.15) is 0 Å². The van der Waals surface area contributed by atoms with E-state index in [0.717, 1.165) is 33.4 Å². The van der Waals surface area contributed by atoms with E-state index < -0.39 is 11.7 Å². The van der Waals surface area contributed by atoms with Crippen LogP contribution in [-0.2, 0) is 12.7 Å².